The second-order valence-corrected chi connectivity index (χ2v) is 7.03. The number of anilines is 1. The molecular weight excluding hydrogens is 318 g/mol. The summed E-state index contributed by atoms with van der Waals surface area (Å²) in [5, 5.41) is 0. The van der Waals surface area contributed by atoms with Crippen LogP contribution in [0, 0.1) is 5.41 Å². The smallest absolute Gasteiger partial charge is 0.257 e. The maximum absolute atomic E-state index is 12.7. The van der Waals surface area contributed by atoms with E-state index in [1.807, 2.05) is 17.2 Å². The third kappa shape index (κ3) is 3.39. The fraction of sp³-hybridized carbons (Fsp3) is 0.474. The standard InChI is InChI=1S/C19H23N3O3/c23-18(16-4-9-24-12-16)22-7-2-5-19(14-22)13-21(8-10-25-15-19)17-3-1-6-20-11-17/h1,3-4,6,9,11-12H,2,5,7-8,10,13-15H2. The number of aromatic nitrogens is 1. The predicted octanol–water partition coefficient (Wildman–Crippen LogP) is 2.43. The fourth-order valence-electron chi connectivity index (χ4n) is 3.95. The molecule has 0 radical (unpaired) electrons. The number of pyridine rings is 1. The molecule has 1 unspecified atom stereocenters. The Hall–Kier alpha value is -2.34. The lowest BCUT2D eigenvalue weighted by molar-refractivity contribution is 0.0135. The zero-order chi connectivity index (χ0) is 17.1. The zero-order valence-electron chi connectivity index (χ0n) is 14.3. The summed E-state index contributed by atoms with van der Waals surface area (Å²) in [6.45, 7) is 4.63. The summed E-state index contributed by atoms with van der Waals surface area (Å²) >= 11 is 0. The van der Waals surface area contributed by atoms with Crippen molar-refractivity contribution in [2.45, 2.75) is 12.8 Å². The van der Waals surface area contributed by atoms with E-state index in [2.05, 4.69) is 16.0 Å². The van der Waals surface area contributed by atoms with Gasteiger partial charge < -0.3 is 19.0 Å². The maximum atomic E-state index is 12.7. The van der Waals surface area contributed by atoms with Crippen molar-refractivity contribution >= 4 is 11.6 Å². The molecule has 2 aromatic rings. The summed E-state index contributed by atoms with van der Waals surface area (Å²) in [5.41, 5.74) is 1.70. The Morgan fingerprint density at radius 1 is 1.24 bits per heavy atom. The predicted molar refractivity (Wildman–Crippen MR) is 93.5 cm³/mol. The van der Waals surface area contributed by atoms with Crippen molar-refractivity contribution in [2.75, 3.05) is 44.3 Å². The number of carbonyl (C=O) groups excluding carboxylic acids is 1. The molecule has 2 aliphatic heterocycles. The Kier molecular flexibility index (Phi) is 4.44. The summed E-state index contributed by atoms with van der Waals surface area (Å²) in [4.78, 5) is 21.3. The van der Waals surface area contributed by atoms with Crippen molar-refractivity contribution in [1.29, 1.82) is 0 Å². The normalized spacial score (nSPS) is 24.3. The third-order valence-electron chi connectivity index (χ3n) is 5.17. The average Bonchev–Trinajstić information content (AvgIpc) is 3.12. The van der Waals surface area contributed by atoms with Crippen LogP contribution >= 0.6 is 0 Å². The van der Waals surface area contributed by atoms with E-state index in [1.165, 1.54) is 6.26 Å². The van der Waals surface area contributed by atoms with E-state index in [-0.39, 0.29) is 11.3 Å². The molecule has 6 heteroatoms. The molecule has 25 heavy (non-hydrogen) atoms. The highest BCUT2D eigenvalue weighted by Crippen LogP contribution is 2.35. The number of ether oxygens (including phenoxy) is 1. The molecule has 1 amide bonds. The van der Waals surface area contributed by atoms with Crippen LogP contribution in [0.25, 0.3) is 0 Å². The molecule has 2 fully saturated rings. The molecule has 0 N–H and O–H groups in total. The second-order valence-electron chi connectivity index (χ2n) is 7.03. The number of hydrogen-bond donors (Lipinski definition) is 0. The summed E-state index contributed by atoms with van der Waals surface area (Å²) in [7, 11) is 0. The van der Waals surface area contributed by atoms with E-state index in [0.29, 0.717) is 25.3 Å². The highest BCUT2D eigenvalue weighted by molar-refractivity contribution is 5.93. The van der Waals surface area contributed by atoms with Crippen LogP contribution in [0.1, 0.15) is 23.2 Å². The van der Waals surface area contributed by atoms with Gasteiger partial charge in [0, 0.05) is 37.8 Å². The number of piperidine rings is 1. The largest absolute Gasteiger partial charge is 0.472 e. The molecule has 1 spiro atoms. The Morgan fingerprint density at radius 2 is 2.20 bits per heavy atom. The van der Waals surface area contributed by atoms with Crippen molar-refractivity contribution in [3.8, 4) is 0 Å². The number of hydrogen-bond acceptors (Lipinski definition) is 5. The minimum Gasteiger partial charge on any atom is -0.472 e. The van der Waals surface area contributed by atoms with E-state index in [0.717, 1.165) is 38.2 Å². The molecular formula is C19H23N3O3. The van der Waals surface area contributed by atoms with E-state index in [4.69, 9.17) is 9.15 Å². The van der Waals surface area contributed by atoms with Gasteiger partial charge in [-0.05, 0) is 31.0 Å². The van der Waals surface area contributed by atoms with Crippen LogP contribution in [0.4, 0.5) is 5.69 Å². The van der Waals surface area contributed by atoms with Crippen LogP contribution < -0.4 is 4.90 Å². The van der Waals surface area contributed by atoms with Gasteiger partial charge in [0.05, 0.1) is 36.9 Å². The molecule has 0 aliphatic carbocycles. The average molecular weight is 341 g/mol. The first-order chi connectivity index (χ1) is 12.3. The molecule has 0 saturated carbocycles. The first-order valence-corrected chi connectivity index (χ1v) is 8.80. The van der Waals surface area contributed by atoms with E-state index in [9.17, 15) is 4.79 Å². The van der Waals surface area contributed by atoms with Crippen LogP contribution in [0.5, 0.6) is 0 Å². The van der Waals surface area contributed by atoms with E-state index >= 15 is 0 Å². The number of likely N-dealkylation sites (tertiary alicyclic amines) is 1. The highest BCUT2D eigenvalue weighted by Gasteiger charge is 2.40. The van der Waals surface area contributed by atoms with Crippen LogP contribution in [-0.2, 0) is 4.74 Å². The van der Waals surface area contributed by atoms with Gasteiger partial charge in [0.1, 0.15) is 6.26 Å². The monoisotopic (exact) mass is 341 g/mol. The summed E-state index contributed by atoms with van der Waals surface area (Å²) in [6, 6.07) is 5.78. The minimum absolute atomic E-state index is 0.0377. The minimum atomic E-state index is -0.0377. The lowest BCUT2D eigenvalue weighted by Gasteiger charge is -2.43. The van der Waals surface area contributed by atoms with Crippen LogP contribution in [0.2, 0.25) is 0 Å². The van der Waals surface area contributed by atoms with E-state index < -0.39 is 0 Å². The Bertz CT molecular complexity index is 704. The van der Waals surface area contributed by atoms with Crippen molar-refractivity contribution in [3.05, 3.63) is 48.7 Å². The van der Waals surface area contributed by atoms with Gasteiger partial charge in [-0.3, -0.25) is 9.78 Å². The van der Waals surface area contributed by atoms with Crippen molar-refractivity contribution in [1.82, 2.24) is 9.88 Å². The molecule has 6 nitrogen and oxygen atoms in total. The quantitative estimate of drug-likeness (QED) is 0.840. The van der Waals surface area contributed by atoms with Crippen LogP contribution in [0.3, 0.4) is 0 Å². The van der Waals surface area contributed by atoms with Crippen molar-refractivity contribution in [2.24, 2.45) is 5.41 Å². The molecule has 4 heterocycles. The summed E-state index contributed by atoms with van der Waals surface area (Å²) < 4.78 is 11.0. The first kappa shape index (κ1) is 16.1. The SMILES string of the molecule is O=C(c1ccoc1)N1CCCC2(COCCN(c3cccnc3)C2)C1. The summed E-state index contributed by atoms with van der Waals surface area (Å²) in [6.07, 6.45) is 8.82. The molecule has 1 atom stereocenters. The lowest BCUT2D eigenvalue weighted by Crippen LogP contribution is -2.52. The molecule has 132 valence electrons. The van der Waals surface area contributed by atoms with Crippen LogP contribution in [0.15, 0.2) is 47.5 Å². The molecule has 2 saturated heterocycles. The molecule has 2 aliphatic rings. The number of nitrogens with zero attached hydrogens (tertiary/aromatic N) is 3. The Balaban J connectivity index is 1.53. The number of rotatable bonds is 2. The van der Waals surface area contributed by atoms with Gasteiger partial charge in [0.2, 0.25) is 0 Å². The van der Waals surface area contributed by atoms with Crippen molar-refractivity contribution in [3.63, 3.8) is 0 Å². The number of carbonyl (C=O) groups is 1. The zero-order valence-corrected chi connectivity index (χ0v) is 14.3. The summed E-state index contributed by atoms with van der Waals surface area (Å²) in [5.74, 6) is 0.0463. The van der Waals surface area contributed by atoms with Gasteiger partial charge in [-0.15, -0.1) is 0 Å². The van der Waals surface area contributed by atoms with Gasteiger partial charge in [0.25, 0.3) is 5.91 Å². The second kappa shape index (κ2) is 6.88. The van der Waals surface area contributed by atoms with Crippen LogP contribution in [-0.4, -0.2) is 55.2 Å². The third-order valence-corrected chi connectivity index (χ3v) is 5.17. The van der Waals surface area contributed by atoms with Crippen molar-refractivity contribution < 1.29 is 13.9 Å². The lowest BCUT2D eigenvalue weighted by atomic mass is 9.79. The Labute approximate surface area is 147 Å². The molecule has 0 aromatic carbocycles. The maximum Gasteiger partial charge on any atom is 0.257 e. The van der Waals surface area contributed by atoms with E-state index in [1.54, 1.807) is 18.5 Å². The number of furan rings is 1. The van der Waals surface area contributed by atoms with Gasteiger partial charge in [0.15, 0.2) is 0 Å². The topological polar surface area (TPSA) is 58.8 Å². The Morgan fingerprint density at radius 3 is 3.00 bits per heavy atom. The van der Waals surface area contributed by atoms with Gasteiger partial charge >= 0.3 is 0 Å². The molecule has 4 rings (SSSR count). The van der Waals surface area contributed by atoms with Gasteiger partial charge in [-0.1, -0.05) is 0 Å². The van der Waals surface area contributed by atoms with Gasteiger partial charge in [-0.25, -0.2) is 0 Å². The fourth-order valence-corrected chi connectivity index (χ4v) is 3.95. The van der Waals surface area contributed by atoms with Gasteiger partial charge in [-0.2, -0.15) is 0 Å². The molecule has 0 bridgehead atoms. The number of amides is 1. The molecule has 2 aromatic heterocycles. The first-order valence-electron chi connectivity index (χ1n) is 8.80. The highest BCUT2D eigenvalue weighted by atomic mass is 16.5.